The van der Waals surface area contributed by atoms with Gasteiger partial charge < -0.3 is 5.11 Å². The number of carbonyl (C=O) groups excluding carboxylic acids is 1. The Morgan fingerprint density at radius 3 is 2.57 bits per heavy atom. The third-order valence-electron chi connectivity index (χ3n) is 9.99. The Morgan fingerprint density at radius 2 is 1.79 bits per heavy atom. The topological polar surface area (TPSA) is 37.3 Å². The number of ketones is 1. The van der Waals surface area contributed by atoms with E-state index in [2.05, 4.69) is 44.2 Å². The highest BCUT2D eigenvalue weighted by Crippen LogP contribution is 2.67. The molecule has 28 heavy (non-hydrogen) atoms. The molecule has 0 aliphatic heterocycles. The summed E-state index contributed by atoms with van der Waals surface area (Å²) in [5.74, 6) is 3.81. The van der Waals surface area contributed by atoms with E-state index in [1.54, 1.807) is 0 Å². The number of aliphatic hydroxyl groups is 1. The Labute approximate surface area is 170 Å². The number of hydrogen-bond acceptors (Lipinski definition) is 2. The molecule has 1 aromatic carbocycles. The van der Waals surface area contributed by atoms with E-state index in [1.807, 2.05) is 0 Å². The van der Waals surface area contributed by atoms with Crippen LogP contribution in [0.25, 0.3) is 0 Å². The van der Waals surface area contributed by atoms with Crippen molar-refractivity contribution in [1.82, 2.24) is 0 Å². The van der Waals surface area contributed by atoms with Crippen molar-refractivity contribution < 1.29 is 9.90 Å². The van der Waals surface area contributed by atoms with Gasteiger partial charge in [-0.3, -0.25) is 4.79 Å². The molecule has 0 saturated heterocycles. The van der Waals surface area contributed by atoms with Crippen LogP contribution in [0.1, 0.15) is 70.8 Å². The van der Waals surface area contributed by atoms with Crippen molar-refractivity contribution in [3.63, 3.8) is 0 Å². The van der Waals surface area contributed by atoms with Crippen molar-refractivity contribution in [3.8, 4) is 0 Å². The minimum Gasteiger partial charge on any atom is -0.393 e. The van der Waals surface area contributed by atoms with Gasteiger partial charge in [-0.2, -0.15) is 0 Å². The maximum atomic E-state index is 12.7. The van der Waals surface area contributed by atoms with Crippen LogP contribution in [0.4, 0.5) is 0 Å². The first kappa shape index (κ1) is 18.9. The lowest BCUT2D eigenvalue weighted by molar-refractivity contribution is -0.157. The first-order chi connectivity index (χ1) is 13.4. The number of carbonyl (C=O) groups is 1. The van der Waals surface area contributed by atoms with Crippen molar-refractivity contribution >= 4 is 5.78 Å². The van der Waals surface area contributed by atoms with Gasteiger partial charge in [0, 0.05) is 11.8 Å². The Kier molecular flexibility index (Phi) is 4.50. The van der Waals surface area contributed by atoms with Crippen LogP contribution >= 0.6 is 0 Å². The van der Waals surface area contributed by atoms with Crippen molar-refractivity contribution in [2.75, 3.05) is 0 Å². The summed E-state index contributed by atoms with van der Waals surface area (Å²) >= 11 is 0. The maximum Gasteiger partial charge on any atom is 0.139 e. The average molecular weight is 381 g/mol. The number of benzene rings is 1. The summed E-state index contributed by atoms with van der Waals surface area (Å²) in [6, 6.07) is 10.9. The molecule has 0 aromatic heterocycles. The van der Waals surface area contributed by atoms with Crippen molar-refractivity contribution in [1.29, 1.82) is 0 Å². The van der Waals surface area contributed by atoms with E-state index in [-0.39, 0.29) is 11.5 Å². The lowest BCUT2D eigenvalue weighted by Crippen LogP contribution is -2.57. The van der Waals surface area contributed by atoms with E-state index in [0.717, 1.165) is 50.4 Å². The fourth-order valence-electron chi connectivity index (χ4n) is 8.46. The molecule has 0 heterocycles. The third kappa shape index (κ3) is 2.66. The summed E-state index contributed by atoms with van der Waals surface area (Å²) in [6.45, 7) is 4.86. The molecule has 2 heteroatoms. The molecular formula is C26H36O2. The summed E-state index contributed by atoms with van der Waals surface area (Å²) in [5, 5.41) is 10.7. The van der Waals surface area contributed by atoms with Gasteiger partial charge in [0.2, 0.25) is 0 Å². The molecule has 8 atom stereocenters. The van der Waals surface area contributed by atoms with Crippen LogP contribution in [0.2, 0.25) is 0 Å². The van der Waals surface area contributed by atoms with Crippen LogP contribution in [-0.4, -0.2) is 17.0 Å². The molecular weight excluding hydrogens is 344 g/mol. The molecule has 5 rings (SSSR count). The quantitative estimate of drug-likeness (QED) is 0.743. The van der Waals surface area contributed by atoms with Crippen LogP contribution in [0, 0.1) is 40.4 Å². The smallest absolute Gasteiger partial charge is 0.139 e. The van der Waals surface area contributed by atoms with E-state index in [0.29, 0.717) is 29.0 Å². The third-order valence-corrected chi connectivity index (χ3v) is 9.99. The van der Waals surface area contributed by atoms with Crippen LogP contribution in [-0.2, 0) is 11.2 Å². The number of rotatable bonds is 2. The van der Waals surface area contributed by atoms with Crippen LogP contribution in [0.3, 0.4) is 0 Å². The lowest BCUT2D eigenvalue weighted by atomic mass is 9.42. The van der Waals surface area contributed by atoms with Crippen LogP contribution in [0.15, 0.2) is 30.3 Å². The minimum atomic E-state index is -0.134. The van der Waals surface area contributed by atoms with Gasteiger partial charge in [0.1, 0.15) is 5.78 Å². The predicted octanol–water partition coefficient (Wildman–Crippen LogP) is 5.43. The minimum absolute atomic E-state index is 0.0343. The Bertz CT molecular complexity index is 742. The van der Waals surface area contributed by atoms with Gasteiger partial charge in [0.15, 0.2) is 0 Å². The molecule has 4 saturated carbocycles. The molecule has 1 aromatic rings. The summed E-state index contributed by atoms with van der Waals surface area (Å²) in [7, 11) is 0. The van der Waals surface area contributed by atoms with Crippen LogP contribution < -0.4 is 0 Å². The van der Waals surface area contributed by atoms with E-state index in [4.69, 9.17) is 0 Å². The number of hydrogen-bond donors (Lipinski definition) is 1. The zero-order chi connectivity index (χ0) is 19.5. The molecule has 4 fully saturated rings. The number of Topliss-reactive ketones (excluding diaryl/α,β-unsaturated/α-hetero) is 1. The second-order valence-corrected chi connectivity index (χ2v) is 10.9. The molecule has 4 aliphatic rings. The highest BCUT2D eigenvalue weighted by atomic mass is 16.3. The Hall–Kier alpha value is -1.15. The van der Waals surface area contributed by atoms with E-state index in [1.165, 1.54) is 24.8 Å². The SMILES string of the molecule is C[C@]12C(Cc3ccccc3)C[C@@H](O)C[C@@H]1CC[C@@H]1[C@@H]2CC[C@]2(C)C(=O)CC[C@@H]12. The average Bonchev–Trinajstić information content (AvgIpc) is 2.99. The van der Waals surface area contributed by atoms with Gasteiger partial charge in [0.25, 0.3) is 0 Å². The van der Waals surface area contributed by atoms with Crippen molar-refractivity contribution in [2.24, 2.45) is 40.4 Å². The monoisotopic (exact) mass is 380 g/mol. The summed E-state index contributed by atoms with van der Waals surface area (Å²) in [5.41, 5.74) is 1.69. The van der Waals surface area contributed by atoms with Gasteiger partial charge in [-0.15, -0.1) is 0 Å². The molecule has 0 spiro atoms. The summed E-state index contributed by atoms with van der Waals surface area (Å²) in [4.78, 5) is 12.7. The Morgan fingerprint density at radius 1 is 1.00 bits per heavy atom. The first-order valence-corrected chi connectivity index (χ1v) is 11.7. The highest BCUT2D eigenvalue weighted by Gasteiger charge is 2.62. The van der Waals surface area contributed by atoms with E-state index in [9.17, 15) is 9.90 Å². The fourth-order valence-corrected chi connectivity index (χ4v) is 8.46. The Balaban J connectivity index is 1.48. The predicted molar refractivity (Wildman–Crippen MR) is 112 cm³/mol. The van der Waals surface area contributed by atoms with Gasteiger partial charge in [-0.1, -0.05) is 44.2 Å². The number of aliphatic hydroxyl groups excluding tert-OH is 1. The first-order valence-electron chi connectivity index (χ1n) is 11.7. The zero-order valence-electron chi connectivity index (χ0n) is 17.6. The summed E-state index contributed by atoms with van der Waals surface area (Å²) < 4.78 is 0. The van der Waals surface area contributed by atoms with E-state index >= 15 is 0 Å². The molecule has 1 N–H and O–H groups in total. The molecule has 0 radical (unpaired) electrons. The van der Waals surface area contributed by atoms with Crippen LogP contribution in [0.5, 0.6) is 0 Å². The second-order valence-electron chi connectivity index (χ2n) is 10.9. The van der Waals surface area contributed by atoms with Crippen molar-refractivity contribution in [3.05, 3.63) is 35.9 Å². The van der Waals surface area contributed by atoms with Crippen molar-refractivity contribution in [2.45, 2.75) is 77.7 Å². The van der Waals surface area contributed by atoms with Gasteiger partial charge in [-0.25, -0.2) is 0 Å². The molecule has 1 unspecified atom stereocenters. The van der Waals surface area contributed by atoms with Gasteiger partial charge >= 0.3 is 0 Å². The number of fused-ring (bicyclic) bond motifs is 5. The molecule has 2 nitrogen and oxygen atoms in total. The zero-order valence-corrected chi connectivity index (χ0v) is 17.6. The largest absolute Gasteiger partial charge is 0.393 e. The van der Waals surface area contributed by atoms with E-state index < -0.39 is 0 Å². The summed E-state index contributed by atoms with van der Waals surface area (Å²) in [6.07, 6.45) is 9.69. The molecule has 152 valence electrons. The van der Waals surface area contributed by atoms with Gasteiger partial charge in [0.05, 0.1) is 6.10 Å². The standard InChI is InChI=1S/C26H36O2/c1-25-13-12-23-21(22(25)10-11-24(25)28)9-8-18-15-20(27)16-19(26(18,23)2)14-17-6-4-3-5-7-17/h3-7,18-23,27H,8-16H2,1-2H3/t18-,19?,20-,21-,22-,23-,25-,26+/m0/s1. The second kappa shape index (κ2) is 6.69. The molecule has 4 aliphatic carbocycles. The normalized spacial score (nSPS) is 47.9. The fraction of sp³-hybridized carbons (Fsp3) is 0.731. The molecule has 0 bridgehead atoms. The maximum absolute atomic E-state index is 12.7. The molecule has 0 amide bonds. The van der Waals surface area contributed by atoms with Gasteiger partial charge in [-0.05, 0) is 91.9 Å². The highest BCUT2D eigenvalue weighted by molar-refractivity contribution is 5.87. The lowest BCUT2D eigenvalue weighted by Gasteiger charge is -2.62.